The van der Waals surface area contributed by atoms with E-state index in [9.17, 15) is 9.90 Å². The molecule has 0 saturated carbocycles. The number of benzene rings is 2. The number of carboxylic acids is 1. The van der Waals surface area contributed by atoms with Crippen LogP contribution < -0.4 is 34.3 Å². The molecule has 2 aromatic carbocycles. The summed E-state index contributed by atoms with van der Waals surface area (Å²) in [6.45, 7) is 2.66. The van der Waals surface area contributed by atoms with E-state index in [0.717, 1.165) is 16.9 Å². The van der Waals surface area contributed by atoms with Crippen LogP contribution in [-0.4, -0.2) is 35.4 Å². The molecule has 2 aromatic rings. The fourth-order valence-corrected chi connectivity index (χ4v) is 4.07. The summed E-state index contributed by atoms with van der Waals surface area (Å²) in [5, 5.41) is 9.67. The molecule has 0 saturated heterocycles. The van der Waals surface area contributed by atoms with Gasteiger partial charge >= 0.3 is 35.5 Å². The zero-order valence-corrected chi connectivity index (χ0v) is 17.8. The van der Waals surface area contributed by atoms with E-state index in [4.69, 9.17) is 4.74 Å². The molecule has 0 aliphatic carbocycles. The first-order valence-electron chi connectivity index (χ1n) is 7.87. The Labute approximate surface area is 176 Å². The van der Waals surface area contributed by atoms with Crippen molar-refractivity contribution in [3.8, 4) is 5.75 Å². The molecule has 0 spiro atoms. The number of fused-ring (bicyclic) bond motifs is 2. The summed E-state index contributed by atoms with van der Waals surface area (Å²) in [6, 6.07) is 13.4. The number of hydrogen-bond acceptors (Lipinski definition) is 4. The summed E-state index contributed by atoms with van der Waals surface area (Å²) in [4.78, 5) is 13.6. The van der Waals surface area contributed by atoms with E-state index in [1.54, 1.807) is 30.0 Å². The summed E-state index contributed by atoms with van der Waals surface area (Å²) < 4.78 is 5.96. The number of carbonyl (C=O) groups is 1. The van der Waals surface area contributed by atoms with Gasteiger partial charge in [0, 0.05) is 5.56 Å². The van der Waals surface area contributed by atoms with Crippen LogP contribution in [0.2, 0.25) is 0 Å². The molecular weight excluding hydrogens is 345 g/mol. The third-order valence-electron chi connectivity index (χ3n) is 4.32. The van der Waals surface area contributed by atoms with E-state index in [2.05, 4.69) is 24.0 Å². The van der Waals surface area contributed by atoms with E-state index in [1.807, 2.05) is 26.2 Å². The van der Waals surface area contributed by atoms with E-state index in [0.29, 0.717) is 12.2 Å². The maximum atomic E-state index is 11.4. The number of carboxylic acid groups (broad SMARTS) is 1. The maximum Gasteiger partial charge on any atom is 1.00 e. The minimum absolute atomic E-state index is 0. The van der Waals surface area contributed by atoms with Crippen molar-refractivity contribution in [2.75, 3.05) is 14.1 Å². The number of aromatic carboxylic acids is 1. The van der Waals surface area contributed by atoms with Crippen LogP contribution in [0.25, 0.3) is 0 Å². The zero-order valence-electron chi connectivity index (χ0n) is 16.0. The molecule has 1 aliphatic heterocycles. The molecule has 0 fully saturated rings. The molecule has 128 valence electrons. The Morgan fingerprint density at radius 1 is 1.28 bits per heavy atom. The Bertz CT molecular complexity index is 772. The summed E-state index contributed by atoms with van der Waals surface area (Å²) in [7, 11) is 4.09. The molecule has 1 aliphatic rings. The van der Waals surface area contributed by atoms with Crippen LogP contribution in [-0.2, 0) is 6.61 Å². The number of hydrogen-bond donors (Lipinski definition) is 1. The van der Waals surface area contributed by atoms with E-state index < -0.39 is 5.97 Å². The minimum atomic E-state index is -0.917. The molecule has 2 atom stereocenters. The summed E-state index contributed by atoms with van der Waals surface area (Å²) >= 11 is 1.80. The summed E-state index contributed by atoms with van der Waals surface area (Å²) in [6.07, 6.45) is 0. The van der Waals surface area contributed by atoms with Gasteiger partial charge in [-0.25, -0.2) is 4.79 Å². The molecule has 2 unspecified atom stereocenters. The SMILES string of the molecule is CC(SC1c2ccccc2COc2ccc(C(=O)O)cc21)N(C)C.[H-].[Na+]. The van der Waals surface area contributed by atoms with Crippen molar-refractivity contribution in [2.45, 2.75) is 24.2 Å². The van der Waals surface area contributed by atoms with Gasteiger partial charge in [-0.05, 0) is 50.3 Å². The van der Waals surface area contributed by atoms with E-state index in [1.165, 1.54) is 5.56 Å². The van der Waals surface area contributed by atoms with Crippen molar-refractivity contribution >= 4 is 17.7 Å². The zero-order chi connectivity index (χ0) is 17.3. The smallest absolute Gasteiger partial charge is 1.00 e. The van der Waals surface area contributed by atoms with Crippen molar-refractivity contribution < 1.29 is 45.6 Å². The van der Waals surface area contributed by atoms with Gasteiger partial charge in [0.2, 0.25) is 0 Å². The predicted octanol–water partition coefficient (Wildman–Crippen LogP) is 1.12. The molecule has 1 N–H and O–H groups in total. The number of nitrogens with zero attached hydrogens (tertiary/aromatic N) is 1. The van der Waals surface area contributed by atoms with Gasteiger partial charge in [-0.3, -0.25) is 4.90 Å². The van der Waals surface area contributed by atoms with Crippen LogP contribution >= 0.6 is 11.8 Å². The normalized spacial score (nSPS) is 16.7. The van der Waals surface area contributed by atoms with E-state index >= 15 is 0 Å². The van der Waals surface area contributed by atoms with Crippen LogP contribution in [0.4, 0.5) is 0 Å². The van der Waals surface area contributed by atoms with Crippen LogP contribution in [0.15, 0.2) is 42.5 Å². The molecule has 0 aromatic heterocycles. The van der Waals surface area contributed by atoms with Gasteiger partial charge in [-0.1, -0.05) is 24.3 Å². The predicted molar refractivity (Wildman–Crippen MR) is 97.9 cm³/mol. The Morgan fingerprint density at radius 2 is 2.00 bits per heavy atom. The second-order valence-electron chi connectivity index (χ2n) is 6.12. The fourth-order valence-electron chi connectivity index (χ4n) is 2.73. The third kappa shape index (κ3) is 4.41. The first kappa shape index (κ1) is 20.3. The van der Waals surface area contributed by atoms with Crippen molar-refractivity contribution in [3.05, 3.63) is 64.7 Å². The summed E-state index contributed by atoms with van der Waals surface area (Å²) in [5.41, 5.74) is 3.56. The monoisotopic (exact) mass is 367 g/mol. The van der Waals surface area contributed by atoms with Crippen LogP contribution in [0.3, 0.4) is 0 Å². The minimum Gasteiger partial charge on any atom is -1.00 e. The van der Waals surface area contributed by atoms with Gasteiger partial charge in [0.1, 0.15) is 12.4 Å². The molecule has 25 heavy (non-hydrogen) atoms. The molecule has 1 heterocycles. The maximum absolute atomic E-state index is 11.4. The van der Waals surface area contributed by atoms with Gasteiger partial charge in [-0.2, -0.15) is 0 Å². The van der Waals surface area contributed by atoms with Crippen molar-refractivity contribution in [1.82, 2.24) is 4.90 Å². The Morgan fingerprint density at radius 3 is 2.68 bits per heavy atom. The first-order chi connectivity index (χ1) is 11.5. The molecule has 4 nitrogen and oxygen atoms in total. The van der Waals surface area contributed by atoms with Crippen LogP contribution in [0.5, 0.6) is 5.75 Å². The summed E-state index contributed by atoms with van der Waals surface area (Å²) in [5.74, 6) is -0.153. The Hall–Kier alpha value is -0.980. The molecular formula is C19H22NNaO3S. The third-order valence-corrected chi connectivity index (χ3v) is 5.92. The number of rotatable bonds is 4. The average molecular weight is 367 g/mol. The molecule has 3 rings (SSSR count). The van der Waals surface area contributed by atoms with Gasteiger partial charge in [0.05, 0.1) is 16.2 Å². The Kier molecular flexibility index (Phi) is 7.00. The fraction of sp³-hybridized carbons (Fsp3) is 0.316. The topological polar surface area (TPSA) is 49.8 Å². The van der Waals surface area contributed by atoms with Crippen molar-refractivity contribution in [2.24, 2.45) is 0 Å². The van der Waals surface area contributed by atoms with Crippen molar-refractivity contribution in [3.63, 3.8) is 0 Å². The molecule has 0 bridgehead atoms. The van der Waals surface area contributed by atoms with Gasteiger partial charge in [-0.15, -0.1) is 11.8 Å². The van der Waals surface area contributed by atoms with Crippen LogP contribution in [0, 0.1) is 0 Å². The average Bonchev–Trinajstić information content (AvgIpc) is 2.72. The largest absolute Gasteiger partial charge is 1.00 e. The molecule has 0 amide bonds. The standard InChI is InChI=1S/C19H21NO3S.Na.H/c1-12(20(2)3)24-18-15-7-5-4-6-14(15)11-23-17-9-8-13(19(21)22)10-16(17)18;;/h4-10,12,18H,11H2,1-3H3,(H,21,22);;/q;+1;-1. The second-order valence-corrected chi connectivity index (χ2v) is 7.55. The van der Waals surface area contributed by atoms with Gasteiger partial charge in [0.15, 0.2) is 0 Å². The van der Waals surface area contributed by atoms with Crippen molar-refractivity contribution in [1.29, 1.82) is 0 Å². The van der Waals surface area contributed by atoms with Crippen LogP contribution in [0.1, 0.15) is 40.6 Å². The first-order valence-corrected chi connectivity index (χ1v) is 8.81. The number of thioether (sulfide) groups is 1. The van der Waals surface area contributed by atoms with Gasteiger partial charge in [0.25, 0.3) is 0 Å². The Balaban J connectivity index is 0.00000169. The number of ether oxygens (including phenoxy) is 1. The second kappa shape index (κ2) is 8.60. The molecule has 6 heteroatoms. The molecule has 0 radical (unpaired) electrons. The quantitative estimate of drug-likeness (QED) is 0.648. The van der Waals surface area contributed by atoms with Gasteiger partial charge < -0.3 is 11.3 Å². The van der Waals surface area contributed by atoms with E-state index in [-0.39, 0.29) is 41.6 Å².